The highest BCUT2D eigenvalue weighted by atomic mass is 16.5. The summed E-state index contributed by atoms with van der Waals surface area (Å²) in [6, 6.07) is 5.16. The lowest BCUT2D eigenvalue weighted by Gasteiger charge is -2.13. The van der Waals surface area contributed by atoms with Crippen molar-refractivity contribution in [1.82, 2.24) is 4.98 Å². The summed E-state index contributed by atoms with van der Waals surface area (Å²) in [5.74, 6) is 0.391. The van der Waals surface area contributed by atoms with Crippen LogP contribution in [0.15, 0.2) is 18.2 Å². The van der Waals surface area contributed by atoms with Gasteiger partial charge in [0.2, 0.25) is 5.88 Å². The van der Waals surface area contributed by atoms with Crippen molar-refractivity contribution in [3.63, 3.8) is 0 Å². The number of nitrogen functional groups attached to an aromatic ring is 1. The molecule has 0 saturated carbocycles. The van der Waals surface area contributed by atoms with Crippen molar-refractivity contribution in [3.8, 4) is 5.88 Å². The van der Waals surface area contributed by atoms with Crippen molar-refractivity contribution in [2.45, 2.75) is 20.0 Å². The predicted molar refractivity (Wildman–Crippen MR) is 61.8 cm³/mol. The molecule has 0 spiro atoms. The number of nitrogens with two attached hydrogens (primary N) is 1. The van der Waals surface area contributed by atoms with Crippen molar-refractivity contribution in [2.75, 3.05) is 13.2 Å². The second kappa shape index (κ2) is 6.07. The van der Waals surface area contributed by atoms with Gasteiger partial charge >= 0.3 is 0 Å². The number of hydrogen-bond acceptors (Lipinski definition) is 4. The van der Waals surface area contributed by atoms with Gasteiger partial charge in [-0.15, -0.1) is 0 Å². The van der Waals surface area contributed by atoms with Gasteiger partial charge in [-0.25, -0.2) is 4.98 Å². The standard InChI is InChI=1S/C11H17N3O2/c1-3-15-7-8(2)16-10-6-4-5-9(14-10)11(12)13/h4-6,8H,3,7H2,1-2H3,(H3,12,13). The van der Waals surface area contributed by atoms with Crippen molar-refractivity contribution in [2.24, 2.45) is 5.73 Å². The zero-order chi connectivity index (χ0) is 12.0. The van der Waals surface area contributed by atoms with E-state index < -0.39 is 0 Å². The average molecular weight is 223 g/mol. The minimum atomic E-state index is -0.0744. The molecule has 1 aromatic rings. The summed E-state index contributed by atoms with van der Waals surface area (Å²) in [7, 11) is 0. The first-order chi connectivity index (χ1) is 7.63. The van der Waals surface area contributed by atoms with E-state index >= 15 is 0 Å². The van der Waals surface area contributed by atoms with E-state index in [2.05, 4.69) is 4.98 Å². The number of ether oxygens (including phenoxy) is 2. The third kappa shape index (κ3) is 3.86. The van der Waals surface area contributed by atoms with Crippen molar-refractivity contribution >= 4 is 5.84 Å². The van der Waals surface area contributed by atoms with E-state index in [1.54, 1.807) is 18.2 Å². The Morgan fingerprint density at radius 3 is 2.94 bits per heavy atom. The van der Waals surface area contributed by atoms with E-state index in [-0.39, 0.29) is 11.9 Å². The largest absolute Gasteiger partial charge is 0.472 e. The Labute approximate surface area is 95.1 Å². The fraction of sp³-hybridized carbons (Fsp3) is 0.455. The summed E-state index contributed by atoms with van der Waals surface area (Å²) in [6.45, 7) is 5.01. The number of nitrogens with zero attached hydrogens (tertiary/aromatic N) is 1. The molecule has 0 aliphatic carbocycles. The maximum atomic E-state index is 7.26. The molecular formula is C11H17N3O2. The van der Waals surface area contributed by atoms with E-state index in [0.29, 0.717) is 24.8 Å². The molecule has 0 bridgehead atoms. The van der Waals surface area contributed by atoms with Crippen molar-refractivity contribution in [1.29, 1.82) is 5.41 Å². The molecule has 1 aromatic heterocycles. The first-order valence-corrected chi connectivity index (χ1v) is 5.19. The Balaban J connectivity index is 2.59. The summed E-state index contributed by atoms with van der Waals surface area (Å²) >= 11 is 0. The Morgan fingerprint density at radius 1 is 1.56 bits per heavy atom. The van der Waals surface area contributed by atoms with Gasteiger partial charge in [0.05, 0.1) is 6.61 Å². The van der Waals surface area contributed by atoms with Crippen LogP contribution >= 0.6 is 0 Å². The van der Waals surface area contributed by atoms with Crippen LogP contribution in [0.3, 0.4) is 0 Å². The molecule has 3 N–H and O–H groups in total. The van der Waals surface area contributed by atoms with E-state index in [0.717, 1.165) is 0 Å². The highest BCUT2D eigenvalue weighted by Gasteiger charge is 2.06. The van der Waals surface area contributed by atoms with Gasteiger partial charge in [-0.3, -0.25) is 5.41 Å². The van der Waals surface area contributed by atoms with Crippen LogP contribution in [0, 0.1) is 5.41 Å². The van der Waals surface area contributed by atoms with Gasteiger partial charge in [0.1, 0.15) is 17.6 Å². The number of nitrogens with one attached hydrogen (secondary N) is 1. The van der Waals surface area contributed by atoms with Crippen LogP contribution in [0.1, 0.15) is 19.5 Å². The highest BCUT2D eigenvalue weighted by Crippen LogP contribution is 2.09. The third-order valence-electron chi connectivity index (χ3n) is 1.88. The van der Waals surface area contributed by atoms with Crippen LogP contribution in [-0.4, -0.2) is 30.1 Å². The summed E-state index contributed by atoms with van der Waals surface area (Å²) in [4.78, 5) is 4.09. The average Bonchev–Trinajstić information content (AvgIpc) is 2.26. The van der Waals surface area contributed by atoms with Crippen LogP contribution in [0.2, 0.25) is 0 Å². The van der Waals surface area contributed by atoms with E-state index in [1.165, 1.54) is 0 Å². The lowest BCUT2D eigenvalue weighted by Crippen LogP contribution is -2.20. The fourth-order valence-corrected chi connectivity index (χ4v) is 1.15. The normalized spacial score (nSPS) is 12.1. The zero-order valence-corrected chi connectivity index (χ0v) is 9.56. The predicted octanol–water partition coefficient (Wildman–Crippen LogP) is 1.17. The quantitative estimate of drug-likeness (QED) is 0.560. The summed E-state index contributed by atoms with van der Waals surface area (Å²) in [6.07, 6.45) is -0.0744. The van der Waals surface area contributed by atoms with Crippen LogP contribution in [0.25, 0.3) is 0 Å². The SMILES string of the molecule is CCOCC(C)Oc1cccc(C(=N)N)n1. The Kier molecular flexibility index (Phi) is 4.72. The van der Waals surface area contributed by atoms with Gasteiger partial charge < -0.3 is 15.2 Å². The van der Waals surface area contributed by atoms with Gasteiger partial charge in [0.15, 0.2) is 0 Å². The van der Waals surface area contributed by atoms with Crippen LogP contribution in [-0.2, 0) is 4.74 Å². The maximum Gasteiger partial charge on any atom is 0.214 e. The van der Waals surface area contributed by atoms with Crippen molar-refractivity contribution < 1.29 is 9.47 Å². The molecule has 1 rings (SSSR count). The number of rotatable bonds is 6. The third-order valence-corrected chi connectivity index (χ3v) is 1.88. The second-order valence-electron chi connectivity index (χ2n) is 3.36. The van der Waals surface area contributed by atoms with Gasteiger partial charge in [-0.05, 0) is 19.9 Å². The van der Waals surface area contributed by atoms with Crippen LogP contribution in [0.4, 0.5) is 0 Å². The number of hydrogen-bond donors (Lipinski definition) is 2. The molecule has 16 heavy (non-hydrogen) atoms. The number of aromatic nitrogens is 1. The first-order valence-electron chi connectivity index (χ1n) is 5.19. The molecule has 88 valence electrons. The van der Waals surface area contributed by atoms with E-state index in [4.69, 9.17) is 20.6 Å². The zero-order valence-electron chi connectivity index (χ0n) is 9.56. The van der Waals surface area contributed by atoms with Gasteiger partial charge in [-0.1, -0.05) is 6.07 Å². The highest BCUT2D eigenvalue weighted by molar-refractivity contribution is 5.93. The summed E-state index contributed by atoms with van der Waals surface area (Å²) in [5, 5.41) is 7.26. The Hall–Kier alpha value is -1.62. The second-order valence-corrected chi connectivity index (χ2v) is 3.36. The number of amidine groups is 1. The van der Waals surface area contributed by atoms with Crippen LogP contribution in [0.5, 0.6) is 5.88 Å². The Bertz CT molecular complexity index is 355. The van der Waals surface area contributed by atoms with Gasteiger partial charge in [0.25, 0.3) is 0 Å². The molecule has 1 heterocycles. The van der Waals surface area contributed by atoms with E-state index in [9.17, 15) is 0 Å². The minimum absolute atomic E-state index is 0.0667. The lowest BCUT2D eigenvalue weighted by molar-refractivity contribution is 0.0633. The molecule has 0 radical (unpaired) electrons. The monoisotopic (exact) mass is 223 g/mol. The molecule has 5 nitrogen and oxygen atoms in total. The minimum Gasteiger partial charge on any atom is -0.472 e. The molecule has 0 aromatic carbocycles. The van der Waals surface area contributed by atoms with Crippen molar-refractivity contribution in [3.05, 3.63) is 23.9 Å². The molecule has 0 fully saturated rings. The van der Waals surface area contributed by atoms with Gasteiger partial charge in [0, 0.05) is 12.7 Å². The lowest BCUT2D eigenvalue weighted by atomic mass is 10.3. The maximum absolute atomic E-state index is 7.26. The molecule has 0 saturated heterocycles. The molecule has 1 unspecified atom stereocenters. The molecule has 0 amide bonds. The summed E-state index contributed by atoms with van der Waals surface area (Å²) in [5.41, 5.74) is 5.75. The van der Waals surface area contributed by atoms with Gasteiger partial charge in [-0.2, -0.15) is 0 Å². The number of pyridine rings is 1. The molecular weight excluding hydrogens is 206 g/mol. The molecule has 5 heteroatoms. The fourth-order valence-electron chi connectivity index (χ4n) is 1.15. The topological polar surface area (TPSA) is 81.2 Å². The summed E-state index contributed by atoms with van der Waals surface area (Å²) < 4.78 is 10.7. The van der Waals surface area contributed by atoms with Crippen LogP contribution < -0.4 is 10.5 Å². The molecule has 1 atom stereocenters. The first kappa shape index (κ1) is 12.4. The molecule has 0 aliphatic rings. The van der Waals surface area contributed by atoms with E-state index in [1.807, 2.05) is 13.8 Å². The smallest absolute Gasteiger partial charge is 0.214 e. The Morgan fingerprint density at radius 2 is 2.31 bits per heavy atom. The molecule has 0 aliphatic heterocycles.